The van der Waals surface area contributed by atoms with Crippen LogP contribution in [0.1, 0.15) is 5.56 Å². The molecule has 0 spiro atoms. The molecule has 6 heterocycles. The van der Waals surface area contributed by atoms with Gasteiger partial charge in [-0.2, -0.15) is 5.26 Å². The van der Waals surface area contributed by atoms with Crippen LogP contribution in [0.3, 0.4) is 0 Å². The second-order valence-electron chi connectivity index (χ2n) is 27.5. The fraction of sp³-hybridized carbons (Fsp3) is 0. The Balaban J connectivity index is 0.642. The highest BCUT2D eigenvalue weighted by Gasteiger charge is 2.23. The van der Waals surface area contributed by atoms with Crippen molar-refractivity contribution in [3.63, 3.8) is 0 Å². The predicted octanol–water partition coefficient (Wildman–Crippen LogP) is 26.3. The van der Waals surface area contributed by atoms with Gasteiger partial charge >= 0.3 is 0 Å². The van der Waals surface area contributed by atoms with Crippen LogP contribution in [0.2, 0.25) is 0 Å². The van der Waals surface area contributed by atoms with Crippen molar-refractivity contribution in [3.8, 4) is 130 Å². The molecule has 0 atom stereocenters. The van der Waals surface area contributed by atoms with Gasteiger partial charge in [0, 0.05) is 103 Å². The first-order chi connectivity index (χ1) is 53.4. The van der Waals surface area contributed by atoms with E-state index in [1.54, 1.807) is 0 Å². The number of benzene rings is 15. The third kappa shape index (κ3) is 10.6. The molecule has 0 saturated heterocycles. The number of aromatic nitrogens is 6. The van der Waals surface area contributed by atoms with Crippen molar-refractivity contribution in [3.05, 3.63) is 363 Å². The minimum absolute atomic E-state index is 0.557. The molecule has 0 unspecified atom stereocenters. The average Bonchev–Trinajstić information content (AvgIpc) is 1.58. The second kappa shape index (κ2) is 25.5. The van der Waals surface area contributed by atoms with Gasteiger partial charge in [0.15, 0.2) is 17.5 Å². The Morgan fingerprint density at radius 1 is 0.259 bits per heavy atom. The third-order valence-corrected chi connectivity index (χ3v) is 22.5. The molecular formula is C99H59N7OS. The van der Waals surface area contributed by atoms with Crippen molar-refractivity contribution in [2.24, 2.45) is 0 Å². The van der Waals surface area contributed by atoms with Crippen molar-refractivity contribution in [2.75, 3.05) is 0 Å². The molecule has 9 heteroatoms. The van der Waals surface area contributed by atoms with Gasteiger partial charge in [-0.3, -0.25) is 0 Å². The summed E-state index contributed by atoms with van der Waals surface area (Å²) in [5, 5.41) is 19.1. The monoisotopic (exact) mass is 1390 g/mol. The van der Waals surface area contributed by atoms with Gasteiger partial charge in [0.1, 0.15) is 11.2 Å². The highest BCUT2D eigenvalue weighted by molar-refractivity contribution is 7.27. The van der Waals surface area contributed by atoms with E-state index in [9.17, 15) is 5.26 Å². The Bertz CT molecular complexity index is 7180. The zero-order valence-electron chi connectivity index (χ0n) is 58.0. The number of pyridine rings is 1. The number of nitrogens with zero attached hydrogens (tertiary/aromatic N) is 7. The van der Waals surface area contributed by atoms with E-state index in [1.165, 1.54) is 42.1 Å². The number of fused-ring (bicyclic) bond motifs is 12. The lowest BCUT2D eigenvalue weighted by atomic mass is 9.94. The normalized spacial score (nSPS) is 11.7. The number of para-hydroxylation sites is 3. The maximum Gasteiger partial charge on any atom is 0.164 e. The molecule has 6 aromatic heterocycles. The maximum absolute atomic E-state index is 10.2. The van der Waals surface area contributed by atoms with Gasteiger partial charge in [0.05, 0.1) is 45.1 Å². The number of hydrogen-bond acceptors (Lipinski definition) is 7. The Morgan fingerprint density at radius 3 is 1.47 bits per heavy atom. The van der Waals surface area contributed by atoms with E-state index in [1.807, 2.05) is 72.0 Å². The topological polar surface area (TPSA) is 98.3 Å². The first kappa shape index (κ1) is 62.2. The molecule has 0 saturated carbocycles. The van der Waals surface area contributed by atoms with Crippen LogP contribution in [0.15, 0.2) is 362 Å². The summed E-state index contributed by atoms with van der Waals surface area (Å²) in [4.78, 5) is 21.1. The van der Waals surface area contributed by atoms with Gasteiger partial charge in [-0.05, 0) is 166 Å². The maximum atomic E-state index is 10.2. The zero-order valence-corrected chi connectivity index (χ0v) is 58.8. The van der Waals surface area contributed by atoms with Gasteiger partial charge < -0.3 is 13.6 Å². The molecule has 0 N–H and O–H groups in total. The highest BCUT2D eigenvalue weighted by Crippen LogP contribution is 2.48. The summed E-state index contributed by atoms with van der Waals surface area (Å²) < 4.78 is 13.7. The minimum Gasteiger partial charge on any atom is -0.455 e. The van der Waals surface area contributed by atoms with Gasteiger partial charge in [0.25, 0.3) is 0 Å². The van der Waals surface area contributed by atoms with Crippen LogP contribution in [0.25, 0.3) is 209 Å². The Labute approximate surface area is 624 Å². The molecule has 0 amide bonds. The van der Waals surface area contributed by atoms with Crippen LogP contribution in [-0.2, 0) is 0 Å². The average molecular weight is 1390 g/mol. The van der Waals surface area contributed by atoms with Crippen LogP contribution in [-0.4, -0.2) is 29.1 Å². The molecular weight excluding hydrogens is 1340 g/mol. The summed E-state index contributed by atoms with van der Waals surface area (Å²) in [6.07, 6.45) is 0. The molecule has 8 nitrogen and oxygen atoms in total. The van der Waals surface area contributed by atoms with Crippen molar-refractivity contribution in [2.45, 2.75) is 0 Å². The lowest BCUT2D eigenvalue weighted by molar-refractivity contribution is 0.670. The highest BCUT2D eigenvalue weighted by atomic mass is 32.1. The molecule has 21 aromatic rings. The summed E-state index contributed by atoms with van der Waals surface area (Å²) >= 11 is 1.87. The van der Waals surface area contributed by atoms with E-state index >= 15 is 0 Å². The van der Waals surface area contributed by atoms with Crippen molar-refractivity contribution < 1.29 is 4.42 Å². The molecule has 0 aliphatic carbocycles. The molecule has 0 fully saturated rings. The molecule has 0 aliphatic heterocycles. The van der Waals surface area contributed by atoms with E-state index in [2.05, 4.69) is 312 Å². The molecule has 0 bridgehead atoms. The fourth-order valence-corrected chi connectivity index (χ4v) is 17.4. The summed E-state index contributed by atoms with van der Waals surface area (Å²) in [6, 6.07) is 129. The van der Waals surface area contributed by atoms with E-state index in [4.69, 9.17) is 24.4 Å². The largest absolute Gasteiger partial charge is 0.455 e. The first-order valence-electron chi connectivity index (χ1n) is 36.2. The molecule has 21 rings (SSSR count). The molecule has 502 valence electrons. The summed E-state index contributed by atoms with van der Waals surface area (Å²) in [7, 11) is 0. The van der Waals surface area contributed by atoms with E-state index in [0.717, 1.165) is 150 Å². The summed E-state index contributed by atoms with van der Waals surface area (Å²) in [5.74, 6) is 1.70. The lowest BCUT2D eigenvalue weighted by Crippen LogP contribution is -2.00. The van der Waals surface area contributed by atoms with Gasteiger partial charge in [0.2, 0.25) is 0 Å². The quantitative estimate of drug-likeness (QED) is 0.121. The SMILES string of the molecule is N#Cc1ccc2c(c1)c1cc(-c3cccc4c3oc3ccccc34)ccc1n2-c1ccc(-c2nc(-c3ccccc3)nc(-c3cccc(-c4cc(-c5ccccc5)c5sc6c(-c7ccc8c(c7)c7ccccc7n8-c7cccc(-c8cc(-c9ccccc9)cc(-c9ccccc9)n8)c7)cccc6c5c4)c3)n2)cc1. The number of furan rings is 1. The van der Waals surface area contributed by atoms with Crippen molar-refractivity contribution in [1.29, 1.82) is 5.26 Å². The zero-order chi connectivity index (χ0) is 71.3. The molecule has 0 aliphatic rings. The Hall–Kier alpha value is -14.4. The van der Waals surface area contributed by atoms with E-state index in [-0.39, 0.29) is 0 Å². The summed E-state index contributed by atoms with van der Waals surface area (Å²) in [5.41, 5.74) is 26.3. The van der Waals surface area contributed by atoms with Crippen LogP contribution >= 0.6 is 11.3 Å². The Kier molecular flexibility index (Phi) is 14.7. The number of hydrogen-bond donors (Lipinski definition) is 0. The molecule has 108 heavy (non-hydrogen) atoms. The second-order valence-corrected chi connectivity index (χ2v) is 28.6. The van der Waals surface area contributed by atoms with Gasteiger partial charge in [-0.15, -0.1) is 11.3 Å². The van der Waals surface area contributed by atoms with Crippen LogP contribution in [0.5, 0.6) is 0 Å². The van der Waals surface area contributed by atoms with Crippen LogP contribution < -0.4 is 0 Å². The van der Waals surface area contributed by atoms with Crippen LogP contribution in [0, 0.1) is 11.3 Å². The molecule has 0 radical (unpaired) electrons. The lowest BCUT2D eigenvalue weighted by Gasteiger charge is -2.13. The smallest absolute Gasteiger partial charge is 0.164 e. The fourth-order valence-electron chi connectivity index (χ4n) is 16.0. The van der Waals surface area contributed by atoms with E-state index < -0.39 is 0 Å². The number of nitriles is 1. The first-order valence-corrected chi connectivity index (χ1v) is 37.0. The van der Waals surface area contributed by atoms with Crippen LogP contribution in [0.4, 0.5) is 0 Å². The van der Waals surface area contributed by atoms with Crippen molar-refractivity contribution in [1.82, 2.24) is 29.1 Å². The van der Waals surface area contributed by atoms with E-state index in [0.29, 0.717) is 23.0 Å². The predicted molar refractivity (Wildman–Crippen MR) is 446 cm³/mol. The van der Waals surface area contributed by atoms with Crippen molar-refractivity contribution >= 4 is 97.1 Å². The molecule has 15 aromatic carbocycles. The summed E-state index contributed by atoms with van der Waals surface area (Å²) in [6.45, 7) is 0. The Morgan fingerprint density at radius 2 is 0.741 bits per heavy atom. The minimum atomic E-state index is 0.557. The number of thiophene rings is 1. The number of rotatable bonds is 12. The van der Waals surface area contributed by atoms with Gasteiger partial charge in [-0.1, -0.05) is 237 Å². The van der Waals surface area contributed by atoms with Gasteiger partial charge in [-0.25, -0.2) is 19.9 Å². The standard InChI is InChI=1S/C99H59N7OS/c100-60-61-41-48-90-83(51-61)85-54-68(76-35-19-37-80-79-34-14-16-40-93(79)107-94(76)80)44-49-92(85)105(90)74-46-42-66(43-47-74)98-102-97(65-27-11-4-12-28-65)103-99(104-98)71-31-17-29-67(52-71)72-56-82(63-23-7-2-8-24-63)96-86(57-72)81-38-20-36-77(95(81)108-96)69-45-50-91-84(55-69)78-33-13-15-39-89(78)106(91)75-32-18-30-70(53-75)88-59-73(62-21-5-1-6-22-62)58-87(101-88)64-25-9-3-10-26-64/h1-59H. The third-order valence-electron chi connectivity index (χ3n) is 21.2.